The molecule has 2 aromatic rings. The number of hydrogen-bond donors (Lipinski definition) is 0. The fourth-order valence-corrected chi connectivity index (χ4v) is 2.01. The average molecular weight is 319 g/mol. The highest BCUT2D eigenvalue weighted by molar-refractivity contribution is 9.10. The third kappa shape index (κ3) is 2.25. The minimum Gasteiger partial charge on any atom is -0.464 e. The number of rotatable bonds is 1. The van der Waals surface area contributed by atoms with Gasteiger partial charge in [-0.25, -0.2) is 14.2 Å². The highest BCUT2D eigenvalue weighted by atomic mass is 79.9. The Morgan fingerprint density at radius 3 is 2.82 bits per heavy atom. The van der Waals surface area contributed by atoms with Crippen molar-refractivity contribution in [2.45, 2.75) is 0 Å². The standard InChI is InChI=1S/C11H6BrClFNO2/c1-17-11(16)9-3-5-2-8(14)7(12)4-6(5)10(13)15-9/h2-4H,1H3. The van der Waals surface area contributed by atoms with E-state index in [2.05, 4.69) is 25.7 Å². The summed E-state index contributed by atoms with van der Waals surface area (Å²) >= 11 is 8.98. The number of carbonyl (C=O) groups is 1. The van der Waals surface area contributed by atoms with Gasteiger partial charge in [0.05, 0.1) is 11.6 Å². The maximum atomic E-state index is 13.4. The quantitative estimate of drug-likeness (QED) is 0.596. The van der Waals surface area contributed by atoms with Crippen molar-refractivity contribution in [2.24, 2.45) is 0 Å². The van der Waals surface area contributed by atoms with Crippen molar-refractivity contribution in [3.8, 4) is 0 Å². The fraction of sp³-hybridized carbons (Fsp3) is 0.0909. The number of methoxy groups -OCH3 is 1. The number of aromatic nitrogens is 1. The summed E-state index contributed by atoms with van der Waals surface area (Å²) in [6, 6.07) is 4.23. The monoisotopic (exact) mass is 317 g/mol. The van der Waals surface area contributed by atoms with Gasteiger partial charge < -0.3 is 4.74 Å². The molecule has 1 heterocycles. The van der Waals surface area contributed by atoms with Gasteiger partial charge in [-0.15, -0.1) is 0 Å². The number of pyridine rings is 1. The minimum atomic E-state index is -0.614. The SMILES string of the molecule is COC(=O)c1cc2cc(F)c(Br)cc2c(Cl)n1. The van der Waals surface area contributed by atoms with Crippen molar-refractivity contribution in [3.05, 3.63) is 39.3 Å². The number of ether oxygens (including phenoxy) is 1. The Hall–Kier alpha value is -1.20. The lowest BCUT2D eigenvalue weighted by Gasteiger charge is -2.05. The summed E-state index contributed by atoms with van der Waals surface area (Å²) < 4.78 is 18.2. The first-order valence-electron chi connectivity index (χ1n) is 4.56. The second-order valence-corrected chi connectivity index (χ2v) is 4.49. The van der Waals surface area contributed by atoms with Gasteiger partial charge in [0.2, 0.25) is 0 Å². The smallest absolute Gasteiger partial charge is 0.356 e. The molecule has 1 aromatic heterocycles. The molecule has 0 saturated carbocycles. The van der Waals surface area contributed by atoms with Gasteiger partial charge in [-0.05, 0) is 39.5 Å². The molecule has 0 bridgehead atoms. The van der Waals surface area contributed by atoms with Crippen LogP contribution in [0.5, 0.6) is 0 Å². The van der Waals surface area contributed by atoms with E-state index in [9.17, 15) is 9.18 Å². The largest absolute Gasteiger partial charge is 0.464 e. The van der Waals surface area contributed by atoms with Gasteiger partial charge in [0, 0.05) is 5.39 Å². The molecule has 0 fully saturated rings. The molecule has 0 aliphatic carbocycles. The second-order valence-electron chi connectivity index (χ2n) is 3.28. The van der Waals surface area contributed by atoms with E-state index in [-0.39, 0.29) is 10.8 Å². The zero-order valence-electron chi connectivity index (χ0n) is 8.63. The molecule has 88 valence electrons. The van der Waals surface area contributed by atoms with Crippen LogP contribution in [0.2, 0.25) is 5.15 Å². The predicted octanol–water partition coefficient (Wildman–Crippen LogP) is 3.58. The topological polar surface area (TPSA) is 39.2 Å². The third-order valence-electron chi connectivity index (χ3n) is 2.22. The zero-order valence-corrected chi connectivity index (χ0v) is 11.0. The van der Waals surface area contributed by atoms with Crippen LogP contribution in [0.25, 0.3) is 10.8 Å². The predicted molar refractivity (Wildman–Crippen MR) is 65.8 cm³/mol. The van der Waals surface area contributed by atoms with E-state index in [4.69, 9.17) is 11.6 Å². The van der Waals surface area contributed by atoms with E-state index >= 15 is 0 Å². The zero-order chi connectivity index (χ0) is 12.6. The number of halogens is 3. The molecule has 0 radical (unpaired) electrons. The summed E-state index contributed by atoms with van der Waals surface area (Å²) in [6.07, 6.45) is 0. The number of carbonyl (C=O) groups excluding carboxylic acids is 1. The maximum absolute atomic E-state index is 13.4. The Morgan fingerprint density at radius 2 is 2.18 bits per heavy atom. The molecule has 0 aliphatic rings. The minimum absolute atomic E-state index is 0.0479. The molecule has 0 amide bonds. The van der Waals surface area contributed by atoms with E-state index in [1.165, 1.54) is 25.3 Å². The molecule has 3 nitrogen and oxygen atoms in total. The number of esters is 1. The number of nitrogens with zero attached hydrogens (tertiary/aromatic N) is 1. The molecule has 0 atom stereocenters. The molecule has 0 unspecified atom stereocenters. The van der Waals surface area contributed by atoms with Crippen LogP contribution in [0.1, 0.15) is 10.5 Å². The Balaban J connectivity index is 2.73. The van der Waals surface area contributed by atoms with E-state index in [0.29, 0.717) is 15.2 Å². The van der Waals surface area contributed by atoms with Crippen molar-refractivity contribution in [1.29, 1.82) is 0 Å². The molecule has 1 aromatic carbocycles. The van der Waals surface area contributed by atoms with E-state index in [1.807, 2.05) is 0 Å². The summed E-state index contributed by atoms with van der Waals surface area (Å²) in [4.78, 5) is 15.2. The Bertz CT molecular complexity index is 618. The van der Waals surface area contributed by atoms with Crippen LogP contribution in [0.3, 0.4) is 0 Å². The first kappa shape index (κ1) is 12.3. The van der Waals surface area contributed by atoms with Crippen LogP contribution in [-0.4, -0.2) is 18.1 Å². The van der Waals surface area contributed by atoms with Gasteiger partial charge in [0.25, 0.3) is 0 Å². The summed E-state index contributed by atoms with van der Waals surface area (Å²) in [7, 11) is 1.24. The number of hydrogen-bond acceptors (Lipinski definition) is 3. The van der Waals surface area contributed by atoms with E-state index < -0.39 is 11.8 Å². The second kappa shape index (κ2) is 4.58. The highest BCUT2D eigenvalue weighted by Crippen LogP contribution is 2.28. The Kier molecular flexibility index (Phi) is 3.31. The first-order valence-corrected chi connectivity index (χ1v) is 5.73. The molecule has 0 N–H and O–H groups in total. The molecule has 0 spiro atoms. The highest BCUT2D eigenvalue weighted by Gasteiger charge is 2.13. The summed E-state index contributed by atoms with van der Waals surface area (Å²) in [6.45, 7) is 0. The molecular formula is C11H6BrClFNO2. The molecular weight excluding hydrogens is 312 g/mol. The Labute approximate surface area is 110 Å². The van der Waals surface area contributed by atoms with Crippen LogP contribution in [0, 0.1) is 5.82 Å². The van der Waals surface area contributed by atoms with Crippen molar-refractivity contribution in [3.63, 3.8) is 0 Å². The van der Waals surface area contributed by atoms with Crippen LogP contribution in [0.15, 0.2) is 22.7 Å². The van der Waals surface area contributed by atoms with Crippen molar-refractivity contribution >= 4 is 44.3 Å². The normalized spacial score (nSPS) is 10.6. The molecule has 6 heteroatoms. The third-order valence-corrected chi connectivity index (χ3v) is 3.12. The summed E-state index contributed by atoms with van der Waals surface area (Å²) in [5.41, 5.74) is 0.0479. The van der Waals surface area contributed by atoms with Gasteiger partial charge in [-0.1, -0.05) is 11.6 Å². The lowest BCUT2D eigenvalue weighted by atomic mass is 10.1. The van der Waals surface area contributed by atoms with Crippen molar-refractivity contribution < 1.29 is 13.9 Å². The number of benzene rings is 1. The van der Waals surface area contributed by atoms with Gasteiger partial charge in [0.1, 0.15) is 11.0 Å². The molecule has 2 rings (SSSR count). The summed E-state index contributed by atoms with van der Waals surface area (Å²) in [5.74, 6) is -1.05. The average Bonchev–Trinajstić information content (AvgIpc) is 2.30. The molecule has 17 heavy (non-hydrogen) atoms. The van der Waals surface area contributed by atoms with Crippen LogP contribution in [-0.2, 0) is 4.74 Å². The Morgan fingerprint density at radius 1 is 1.47 bits per heavy atom. The van der Waals surface area contributed by atoms with Gasteiger partial charge in [-0.3, -0.25) is 0 Å². The fourth-order valence-electron chi connectivity index (χ4n) is 1.41. The maximum Gasteiger partial charge on any atom is 0.356 e. The van der Waals surface area contributed by atoms with Crippen molar-refractivity contribution in [1.82, 2.24) is 4.98 Å². The van der Waals surface area contributed by atoms with Crippen LogP contribution >= 0.6 is 27.5 Å². The van der Waals surface area contributed by atoms with Crippen LogP contribution in [0.4, 0.5) is 4.39 Å². The van der Waals surface area contributed by atoms with Crippen LogP contribution < -0.4 is 0 Å². The van der Waals surface area contributed by atoms with E-state index in [1.54, 1.807) is 0 Å². The summed E-state index contributed by atoms with van der Waals surface area (Å²) in [5, 5.41) is 1.18. The van der Waals surface area contributed by atoms with Gasteiger partial charge >= 0.3 is 5.97 Å². The van der Waals surface area contributed by atoms with E-state index in [0.717, 1.165) is 0 Å². The van der Waals surface area contributed by atoms with Crippen molar-refractivity contribution in [2.75, 3.05) is 7.11 Å². The lowest BCUT2D eigenvalue weighted by molar-refractivity contribution is 0.0594. The number of fused-ring (bicyclic) bond motifs is 1. The first-order chi connectivity index (χ1) is 8.02. The molecule has 0 aliphatic heterocycles. The molecule has 0 saturated heterocycles. The lowest BCUT2D eigenvalue weighted by Crippen LogP contribution is -2.04. The van der Waals surface area contributed by atoms with Gasteiger partial charge in [0.15, 0.2) is 5.69 Å². The van der Waals surface area contributed by atoms with Gasteiger partial charge in [-0.2, -0.15) is 0 Å².